The molecule has 2 aromatic rings. The van der Waals surface area contributed by atoms with Crippen molar-refractivity contribution in [3.05, 3.63) is 47.5 Å². The lowest BCUT2D eigenvalue weighted by Crippen LogP contribution is -2.25. The van der Waals surface area contributed by atoms with Crippen molar-refractivity contribution in [3.8, 4) is 0 Å². The molecule has 0 bridgehead atoms. The summed E-state index contributed by atoms with van der Waals surface area (Å²) in [6, 6.07) is 6.91. The fourth-order valence-corrected chi connectivity index (χ4v) is 2.56. The van der Waals surface area contributed by atoms with Gasteiger partial charge in [-0.3, -0.25) is 9.67 Å². The predicted molar refractivity (Wildman–Crippen MR) is 86.3 cm³/mol. The zero-order valence-corrected chi connectivity index (χ0v) is 13.5. The Bertz CT molecular complexity index is 559. The van der Waals surface area contributed by atoms with Gasteiger partial charge in [0.05, 0.1) is 17.4 Å². The van der Waals surface area contributed by atoms with E-state index in [0.717, 1.165) is 30.8 Å². The number of nitrogens with zero attached hydrogens (tertiary/aromatic N) is 3. The van der Waals surface area contributed by atoms with Crippen molar-refractivity contribution < 1.29 is 0 Å². The van der Waals surface area contributed by atoms with E-state index in [1.54, 1.807) is 0 Å². The zero-order valence-electron chi connectivity index (χ0n) is 13.5. The fourth-order valence-electron chi connectivity index (χ4n) is 2.56. The molecule has 0 fully saturated rings. The molecule has 0 radical (unpaired) electrons. The highest BCUT2D eigenvalue weighted by atomic mass is 15.3. The number of aryl methyl sites for hydroxylation is 1. The number of rotatable bonds is 7. The Morgan fingerprint density at radius 3 is 2.67 bits per heavy atom. The highest BCUT2D eigenvalue weighted by molar-refractivity contribution is 5.24. The summed E-state index contributed by atoms with van der Waals surface area (Å²) in [6.07, 6.45) is 5.82. The number of pyridine rings is 1. The van der Waals surface area contributed by atoms with Crippen molar-refractivity contribution in [2.24, 2.45) is 0 Å². The van der Waals surface area contributed by atoms with Gasteiger partial charge < -0.3 is 5.32 Å². The molecule has 21 heavy (non-hydrogen) atoms. The third kappa shape index (κ3) is 3.91. The van der Waals surface area contributed by atoms with Crippen LogP contribution in [0.15, 0.2) is 30.6 Å². The van der Waals surface area contributed by atoms with Gasteiger partial charge in [0, 0.05) is 24.9 Å². The summed E-state index contributed by atoms with van der Waals surface area (Å²) in [4.78, 5) is 4.61. The summed E-state index contributed by atoms with van der Waals surface area (Å²) in [6.45, 7) is 9.53. The molecule has 0 aliphatic rings. The summed E-state index contributed by atoms with van der Waals surface area (Å²) in [5.41, 5.74) is 3.58. The van der Waals surface area contributed by atoms with E-state index < -0.39 is 0 Å². The standard InChI is InChI=1S/C17H26N4/c1-5-14-8-7-10-19-17(14)16(18-6-2)12-15-9-11-21(20-15)13(3)4/h7-11,13,16,18H,5-6,12H2,1-4H3. The molecule has 2 aromatic heterocycles. The number of likely N-dealkylation sites (N-methyl/N-ethyl adjacent to an activating group) is 1. The van der Waals surface area contributed by atoms with Gasteiger partial charge >= 0.3 is 0 Å². The number of aromatic nitrogens is 3. The third-order valence-corrected chi connectivity index (χ3v) is 3.69. The van der Waals surface area contributed by atoms with Crippen molar-refractivity contribution in [1.29, 1.82) is 0 Å². The van der Waals surface area contributed by atoms with E-state index in [1.807, 2.05) is 16.9 Å². The van der Waals surface area contributed by atoms with Crippen LogP contribution in [0, 0.1) is 0 Å². The second kappa shape index (κ2) is 7.36. The molecule has 1 atom stereocenters. The van der Waals surface area contributed by atoms with Gasteiger partial charge in [-0.25, -0.2) is 0 Å². The van der Waals surface area contributed by atoms with Crippen molar-refractivity contribution >= 4 is 0 Å². The van der Waals surface area contributed by atoms with E-state index in [-0.39, 0.29) is 6.04 Å². The van der Waals surface area contributed by atoms with Crippen LogP contribution >= 0.6 is 0 Å². The fraction of sp³-hybridized carbons (Fsp3) is 0.529. The minimum atomic E-state index is 0.224. The van der Waals surface area contributed by atoms with Crippen LogP contribution < -0.4 is 5.32 Å². The molecule has 4 heteroatoms. The van der Waals surface area contributed by atoms with Crippen LogP contribution in [0.2, 0.25) is 0 Å². The molecular weight excluding hydrogens is 260 g/mol. The van der Waals surface area contributed by atoms with Crippen LogP contribution in [-0.2, 0) is 12.8 Å². The largest absolute Gasteiger partial charge is 0.309 e. The van der Waals surface area contributed by atoms with Gasteiger partial charge in [-0.15, -0.1) is 0 Å². The average molecular weight is 286 g/mol. The van der Waals surface area contributed by atoms with Gasteiger partial charge in [0.15, 0.2) is 0 Å². The van der Waals surface area contributed by atoms with Gasteiger partial charge in [-0.2, -0.15) is 5.10 Å². The third-order valence-electron chi connectivity index (χ3n) is 3.69. The molecule has 0 aliphatic heterocycles. The summed E-state index contributed by atoms with van der Waals surface area (Å²) >= 11 is 0. The molecule has 0 spiro atoms. The van der Waals surface area contributed by atoms with E-state index in [2.05, 4.69) is 61.4 Å². The lowest BCUT2D eigenvalue weighted by atomic mass is 10.0. The Labute approximate surface area is 127 Å². The minimum absolute atomic E-state index is 0.224. The molecule has 1 unspecified atom stereocenters. The maximum absolute atomic E-state index is 4.66. The molecule has 2 rings (SSSR count). The Kier molecular flexibility index (Phi) is 5.51. The highest BCUT2D eigenvalue weighted by Crippen LogP contribution is 2.20. The average Bonchev–Trinajstić information content (AvgIpc) is 2.95. The van der Waals surface area contributed by atoms with Gasteiger partial charge in [0.25, 0.3) is 0 Å². The lowest BCUT2D eigenvalue weighted by Gasteiger charge is -2.19. The van der Waals surface area contributed by atoms with Crippen LogP contribution in [-0.4, -0.2) is 21.3 Å². The van der Waals surface area contributed by atoms with Gasteiger partial charge in [-0.05, 0) is 44.5 Å². The Hall–Kier alpha value is -1.68. The van der Waals surface area contributed by atoms with Crippen LogP contribution in [0.5, 0.6) is 0 Å². The summed E-state index contributed by atoms with van der Waals surface area (Å²) in [5.74, 6) is 0. The number of hydrogen-bond acceptors (Lipinski definition) is 3. The first-order valence-electron chi connectivity index (χ1n) is 7.86. The van der Waals surface area contributed by atoms with Gasteiger partial charge in [-0.1, -0.05) is 19.9 Å². The first kappa shape index (κ1) is 15.7. The van der Waals surface area contributed by atoms with Gasteiger partial charge in [0.1, 0.15) is 0 Å². The van der Waals surface area contributed by atoms with Gasteiger partial charge in [0.2, 0.25) is 0 Å². The predicted octanol–water partition coefficient (Wildman–Crippen LogP) is 3.31. The maximum atomic E-state index is 4.66. The van der Waals surface area contributed by atoms with Crippen molar-refractivity contribution in [1.82, 2.24) is 20.1 Å². The van der Waals surface area contributed by atoms with E-state index in [1.165, 1.54) is 5.56 Å². The molecular formula is C17H26N4. The minimum Gasteiger partial charge on any atom is -0.309 e. The van der Waals surface area contributed by atoms with E-state index in [0.29, 0.717) is 6.04 Å². The molecule has 0 amide bonds. The van der Waals surface area contributed by atoms with Crippen molar-refractivity contribution in [3.63, 3.8) is 0 Å². The lowest BCUT2D eigenvalue weighted by molar-refractivity contribution is 0.499. The molecule has 0 saturated heterocycles. The molecule has 0 aromatic carbocycles. The Morgan fingerprint density at radius 2 is 2.05 bits per heavy atom. The van der Waals surface area contributed by atoms with Crippen LogP contribution in [0.4, 0.5) is 0 Å². The van der Waals surface area contributed by atoms with Crippen LogP contribution in [0.25, 0.3) is 0 Å². The molecule has 0 aliphatic carbocycles. The van der Waals surface area contributed by atoms with Crippen LogP contribution in [0.1, 0.15) is 56.7 Å². The van der Waals surface area contributed by atoms with E-state index in [9.17, 15) is 0 Å². The second-order valence-electron chi connectivity index (χ2n) is 5.60. The van der Waals surface area contributed by atoms with E-state index in [4.69, 9.17) is 0 Å². The first-order valence-corrected chi connectivity index (χ1v) is 7.86. The summed E-state index contributed by atoms with van der Waals surface area (Å²) in [7, 11) is 0. The SMILES string of the molecule is CCNC(Cc1ccn(C(C)C)n1)c1ncccc1CC. The smallest absolute Gasteiger partial charge is 0.0644 e. The summed E-state index contributed by atoms with van der Waals surface area (Å²) < 4.78 is 2.01. The zero-order chi connectivity index (χ0) is 15.2. The van der Waals surface area contributed by atoms with Crippen LogP contribution in [0.3, 0.4) is 0 Å². The number of nitrogens with one attached hydrogen (secondary N) is 1. The molecule has 1 N–H and O–H groups in total. The molecule has 2 heterocycles. The van der Waals surface area contributed by atoms with E-state index >= 15 is 0 Å². The maximum Gasteiger partial charge on any atom is 0.0644 e. The van der Waals surface area contributed by atoms with Crippen molar-refractivity contribution in [2.45, 2.75) is 52.6 Å². The number of hydrogen-bond donors (Lipinski definition) is 1. The van der Waals surface area contributed by atoms with Crippen molar-refractivity contribution in [2.75, 3.05) is 6.54 Å². The molecule has 4 nitrogen and oxygen atoms in total. The Balaban J connectivity index is 2.22. The highest BCUT2D eigenvalue weighted by Gasteiger charge is 2.17. The first-order chi connectivity index (χ1) is 10.2. The summed E-state index contributed by atoms with van der Waals surface area (Å²) in [5, 5.41) is 8.21. The normalized spacial score (nSPS) is 12.8. The topological polar surface area (TPSA) is 42.7 Å². The molecule has 0 saturated carbocycles. The quantitative estimate of drug-likeness (QED) is 0.849. The molecule has 114 valence electrons. The monoisotopic (exact) mass is 286 g/mol. The second-order valence-corrected chi connectivity index (χ2v) is 5.60. The Morgan fingerprint density at radius 1 is 1.24 bits per heavy atom.